The van der Waals surface area contributed by atoms with Gasteiger partial charge in [-0.25, -0.2) is 4.98 Å². The first-order valence-electron chi connectivity index (χ1n) is 6.88. The van der Waals surface area contributed by atoms with Crippen molar-refractivity contribution in [2.45, 2.75) is 6.61 Å². The zero-order valence-corrected chi connectivity index (χ0v) is 13.9. The summed E-state index contributed by atoms with van der Waals surface area (Å²) >= 11 is 11.9. The summed E-state index contributed by atoms with van der Waals surface area (Å²) in [4.78, 5) is 4.44. The van der Waals surface area contributed by atoms with Gasteiger partial charge in [0.1, 0.15) is 12.4 Å². The number of ether oxygens (including phenoxy) is 2. The van der Waals surface area contributed by atoms with Crippen molar-refractivity contribution < 1.29 is 9.47 Å². The number of fused-ring (bicyclic) bond motifs is 1. The zero-order valence-electron chi connectivity index (χ0n) is 12.3. The Bertz CT molecular complexity index is 869. The van der Waals surface area contributed by atoms with Crippen LogP contribution in [0.2, 0.25) is 10.0 Å². The highest BCUT2D eigenvalue weighted by Gasteiger charge is 2.06. The summed E-state index contributed by atoms with van der Waals surface area (Å²) in [6.07, 6.45) is 0. The first-order chi connectivity index (χ1) is 11.1. The number of hydrogen-bond acceptors (Lipinski definition) is 4. The van der Waals surface area contributed by atoms with E-state index in [4.69, 9.17) is 38.4 Å². The lowest BCUT2D eigenvalue weighted by Gasteiger charge is -2.09. The number of anilines is 1. The van der Waals surface area contributed by atoms with Gasteiger partial charge in [-0.3, -0.25) is 0 Å². The molecule has 0 aliphatic rings. The second-order valence-corrected chi connectivity index (χ2v) is 5.79. The van der Waals surface area contributed by atoms with E-state index in [9.17, 15) is 0 Å². The molecule has 2 aromatic carbocycles. The maximum Gasteiger partial charge on any atom is 0.214 e. The first kappa shape index (κ1) is 15.7. The summed E-state index contributed by atoms with van der Waals surface area (Å²) in [5.74, 6) is 1.18. The molecule has 6 heteroatoms. The minimum Gasteiger partial charge on any atom is -0.497 e. The van der Waals surface area contributed by atoms with Gasteiger partial charge in [-0.15, -0.1) is 0 Å². The van der Waals surface area contributed by atoms with Crippen LogP contribution in [-0.2, 0) is 6.61 Å². The van der Waals surface area contributed by atoms with Crippen molar-refractivity contribution in [2.24, 2.45) is 0 Å². The number of aromatic nitrogens is 1. The van der Waals surface area contributed by atoms with E-state index < -0.39 is 0 Å². The molecular formula is C17H14Cl2N2O2. The molecule has 4 nitrogen and oxygen atoms in total. The number of rotatable bonds is 4. The molecule has 118 valence electrons. The molecule has 0 atom stereocenters. The van der Waals surface area contributed by atoms with E-state index in [2.05, 4.69) is 4.98 Å². The SMILES string of the molecule is COc1cc(N)c2nc(OCc3ccc(Cl)c(Cl)c3)ccc2c1. The monoisotopic (exact) mass is 348 g/mol. The van der Waals surface area contributed by atoms with Gasteiger partial charge in [-0.2, -0.15) is 0 Å². The summed E-state index contributed by atoms with van der Waals surface area (Å²) in [6.45, 7) is 0.339. The van der Waals surface area contributed by atoms with Crippen molar-refractivity contribution in [3.8, 4) is 11.6 Å². The van der Waals surface area contributed by atoms with Gasteiger partial charge in [0.15, 0.2) is 0 Å². The van der Waals surface area contributed by atoms with Crippen LogP contribution in [0.25, 0.3) is 10.9 Å². The third-order valence-electron chi connectivity index (χ3n) is 3.38. The summed E-state index contributed by atoms with van der Waals surface area (Å²) in [7, 11) is 1.60. The van der Waals surface area contributed by atoms with Gasteiger partial charge in [-0.1, -0.05) is 29.3 Å². The Morgan fingerprint density at radius 1 is 1.04 bits per heavy atom. The van der Waals surface area contributed by atoms with Crippen LogP contribution >= 0.6 is 23.2 Å². The number of nitrogen functional groups attached to an aromatic ring is 1. The van der Waals surface area contributed by atoms with Crippen LogP contribution in [0.5, 0.6) is 11.6 Å². The van der Waals surface area contributed by atoms with Crippen molar-refractivity contribution in [3.05, 3.63) is 58.1 Å². The third kappa shape index (κ3) is 3.44. The Labute approximate surface area is 143 Å². The Balaban J connectivity index is 1.83. The van der Waals surface area contributed by atoms with Gasteiger partial charge in [-0.05, 0) is 29.8 Å². The molecule has 0 bridgehead atoms. The molecule has 0 saturated carbocycles. The van der Waals surface area contributed by atoms with E-state index in [0.29, 0.717) is 39.5 Å². The molecule has 0 radical (unpaired) electrons. The van der Waals surface area contributed by atoms with E-state index in [-0.39, 0.29) is 0 Å². The second-order valence-electron chi connectivity index (χ2n) is 4.97. The van der Waals surface area contributed by atoms with E-state index >= 15 is 0 Å². The molecule has 0 aliphatic carbocycles. The third-order valence-corrected chi connectivity index (χ3v) is 4.12. The summed E-state index contributed by atoms with van der Waals surface area (Å²) < 4.78 is 10.9. The lowest BCUT2D eigenvalue weighted by Crippen LogP contribution is -1.99. The molecule has 1 heterocycles. The molecule has 0 fully saturated rings. The van der Waals surface area contributed by atoms with Gasteiger partial charge >= 0.3 is 0 Å². The number of benzene rings is 2. The molecule has 0 aliphatic heterocycles. The highest BCUT2D eigenvalue weighted by Crippen LogP contribution is 2.28. The average molecular weight is 349 g/mol. The zero-order chi connectivity index (χ0) is 16.4. The van der Waals surface area contributed by atoms with Gasteiger partial charge in [0.25, 0.3) is 0 Å². The predicted molar refractivity (Wildman–Crippen MR) is 93.5 cm³/mol. The first-order valence-corrected chi connectivity index (χ1v) is 7.63. The Kier molecular flexibility index (Phi) is 4.46. The van der Waals surface area contributed by atoms with Crippen LogP contribution < -0.4 is 15.2 Å². The van der Waals surface area contributed by atoms with Crippen molar-refractivity contribution in [1.82, 2.24) is 4.98 Å². The highest BCUT2D eigenvalue weighted by atomic mass is 35.5. The lowest BCUT2D eigenvalue weighted by atomic mass is 10.2. The van der Waals surface area contributed by atoms with Crippen molar-refractivity contribution in [1.29, 1.82) is 0 Å². The fourth-order valence-electron chi connectivity index (χ4n) is 2.20. The molecular weight excluding hydrogens is 335 g/mol. The molecule has 1 aromatic heterocycles. The van der Waals surface area contributed by atoms with Crippen LogP contribution in [0.15, 0.2) is 42.5 Å². The van der Waals surface area contributed by atoms with Gasteiger partial charge in [0.05, 0.1) is 28.4 Å². The molecule has 3 rings (SSSR count). The number of nitrogens with two attached hydrogens (primary N) is 1. The highest BCUT2D eigenvalue weighted by molar-refractivity contribution is 6.42. The van der Waals surface area contributed by atoms with Gasteiger partial charge in [0, 0.05) is 17.5 Å². The fraction of sp³-hybridized carbons (Fsp3) is 0.118. The number of hydrogen-bond donors (Lipinski definition) is 1. The smallest absolute Gasteiger partial charge is 0.214 e. The Morgan fingerprint density at radius 2 is 1.87 bits per heavy atom. The summed E-state index contributed by atoms with van der Waals surface area (Å²) in [5.41, 5.74) is 8.14. The largest absolute Gasteiger partial charge is 0.497 e. The molecule has 0 unspecified atom stereocenters. The maximum atomic E-state index is 6.02. The normalized spacial score (nSPS) is 10.7. The van der Waals surface area contributed by atoms with Crippen LogP contribution in [0.3, 0.4) is 0 Å². The molecule has 2 N–H and O–H groups in total. The van der Waals surface area contributed by atoms with Crippen LogP contribution in [0.4, 0.5) is 5.69 Å². The average Bonchev–Trinajstić information content (AvgIpc) is 2.56. The molecule has 23 heavy (non-hydrogen) atoms. The maximum absolute atomic E-state index is 6.02. The van der Waals surface area contributed by atoms with Gasteiger partial charge < -0.3 is 15.2 Å². The van der Waals surface area contributed by atoms with Crippen molar-refractivity contribution in [2.75, 3.05) is 12.8 Å². The van der Waals surface area contributed by atoms with E-state index in [1.54, 1.807) is 31.4 Å². The van der Waals surface area contributed by atoms with E-state index in [0.717, 1.165) is 10.9 Å². The summed E-state index contributed by atoms with van der Waals surface area (Å²) in [6, 6.07) is 12.7. The van der Waals surface area contributed by atoms with Crippen LogP contribution in [-0.4, -0.2) is 12.1 Å². The number of methoxy groups -OCH3 is 1. The Morgan fingerprint density at radius 3 is 2.61 bits per heavy atom. The van der Waals surface area contributed by atoms with Crippen molar-refractivity contribution >= 4 is 39.8 Å². The van der Waals surface area contributed by atoms with E-state index in [1.165, 1.54) is 0 Å². The summed E-state index contributed by atoms with van der Waals surface area (Å²) in [5, 5.41) is 1.90. The van der Waals surface area contributed by atoms with E-state index in [1.807, 2.05) is 18.2 Å². The Hall–Kier alpha value is -2.17. The second kappa shape index (κ2) is 6.52. The number of pyridine rings is 1. The van der Waals surface area contributed by atoms with Crippen LogP contribution in [0, 0.1) is 0 Å². The molecule has 3 aromatic rings. The molecule has 0 spiro atoms. The topological polar surface area (TPSA) is 57.4 Å². The minimum atomic E-state index is 0.339. The number of halogens is 2. The van der Waals surface area contributed by atoms with Crippen molar-refractivity contribution in [3.63, 3.8) is 0 Å². The van der Waals surface area contributed by atoms with Crippen LogP contribution in [0.1, 0.15) is 5.56 Å². The lowest BCUT2D eigenvalue weighted by molar-refractivity contribution is 0.295. The number of nitrogens with zero attached hydrogens (tertiary/aromatic N) is 1. The molecule has 0 amide bonds. The minimum absolute atomic E-state index is 0.339. The standard InChI is InChI=1S/C17H14Cl2N2O2/c1-22-12-7-11-3-5-16(21-17(11)15(20)8-12)23-9-10-2-4-13(18)14(19)6-10/h2-8H,9,20H2,1H3. The fourth-order valence-corrected chi connectivity index (χ4v) is 2.52. The van der Waals surface area contributed by atoms with Gasteiger partial charge in [0.2, 0.25) is 5.88 Å². The quantitative estimate of drug-likeness (QED) is 0.693. The molecule has 0 saturated heterocycles. The predicted octanol–water partition coefficient (Wildman–Crippen LogP) is 4.71.